The molecule has 5 heteroatoms. The average Bonchev–Trinajstić information content (AvgIpc) is 3.04. The van der Waals surface area contributed by atoms with Crippen LogP contribution in [0.5, 0.6) is 0 Å². The lowest BCUT2D eigenvalue weighted by molar-refractivity contribution is -0.211. The molecule has 3 aliphatic rings. The van der Waals surface area contributed by atoms with E-state index in [4.69, 9.17) is 9.47 Å². The monoisotopic (exact) mass is 398 g/mol. The van der Waals surface area contributed by atoms with Gasteiger partial charge in [0.2, 0.25) is 0 Å². The maximum atomic E-state index is 12.6. The van der Waals surface area contributed by atoms with Crippen molar-refractivity contribution in [1.29, 1.82) is 0 Å². The van der Waals surface area contributed by atoms with E-state index in [0.717, 1.165) is 17.6 Å². The number of benzene rings is 1. The Kier molecular flexibility index (Phi) is 5.18. The number of carbonyl (C=O) groups is 1. The fourth-order valence-electron chi connectivity index (χ4n) is 6.05. The quantitative estimate of drug-likeness (QED) is 0.464. The molecular formula is C24H30O5. The maximum absolute atomic E-state index is 12.6. The van der Waals surface area contributed by atoms with E-state index in [2.05, 4.69) is 13.8 Å². The van der Waals surface area contributed by atoms with E-state index in [1.54, 1.807) is 6.08 Å². The van der Waals surface area contributed by atoms with Crippen LogP contribution < -0.4 is 0 Å². The highest BCUT2D eigenvalue weighted by atomic mass is 16.6. The van der Waals surface area contributed by atoms with Crippen molar-refractivity contribution in [2.24, 2.45) is 22.7 Å². The predicted molar refractivity (Wildman–Crippen MR) is 110 cm³/mol. The molecule has 1 aromatic carbocycles. The van der Waals surface area contributed by atoms with Gasteiger partial charge in [0.1, 0.15) is 6.10 Å². The second-order valence-electron chi connectivity index (χ2n) is 9.45. The van der Waals surface area contributed by atoms with E-state index in [0.29, 0.717) is 13.0 Å². The molecule has 2 fully saturated rings. The first-order chi connectivity index (χ1) is 13.7. The standard InChI is InChI=1S/C24H30O5/c1-23(2)12-11-18(29-19(26)10-9-15-7-5-4-6-8-15)24(3)20-16(14-28-22(20)27)13-17(25)21(23)24/h4-10,13,17-18,20-22,25,27H,11-12,14H2,1-3H3/t17-,18+,20+,21-,22+,24+/m0/s1. The summed E-state index contributed by atoms with van der Waals surface area (Å²) in [6, 6.07) is 9.60. The van der Waals surface area contributed by atoms with Crippen LogP contribution in [0.25, 0.3) is 6.08 Å². The maximum Gasteiger partial charge on any atom is 0.331 e. The van der Waals surface area contributed by atoms with E-state index in [1.165, 1.54) is 6.08 Å². The number of fused-ring (bicyclic) bond motifs is 3. The fourth-order valence-corrected chi connectivity index (χ4v) is 6.05. The number of aliphatic hydroxyl groups is 2. The highest BCUT2D eigenvalue weighted by Gasteiger charge is 2.64. The zero-order valence-corrected chi connectivity index (χ0v) is 17.2. The van der Waals surface area contributed by atoms with Gasteiger partial charge in [-0.2, -0.15) is 0 Å². The number of ether oxygens (including phenoxy) is 2. The van der Waals surface area contributed by atoms with Crippen molar-refractivity contribution in [3.8, 4) is 0 Å². The molecule has 4 rings (SSSR count). The van der Waals surface area contributed by atoms with E-state index in [9.17, 15) is 15.0 Å². The van der Waals surface area contributed by atoms with Gasteiger partial charge < -0.3 is 19.7 Å². The SMILES string of the molecule is CC1(C)CC[C@@H](OC(=O)C=Cc2ccccc2)[C@]2(C)[C@@H]3C(=C[C@H](O)[C@@H]12)CO[C@H]3O. The second kappa shape index (κ2) is 7.38. The predicted octanol–water partition coefficient (Wildman–Crippen LogP) is 3.32. The van der Waals surface area contributed by atoms with Gasteiger partial charge in [0.05, 0.1) is 12.7 Å². The van der Waals surface area contributed by atoms with E-state index in [-0.39, 0.29) is 17.3 Å². The van der Waals surface area contributed by atoms with Gasteiger partial charge in [0.15, 0.2) is 6.29 Å². The molecule has 6 atom stereocenters. The molecule has 1 aromatic rings. The minimum atomic E-state index is -0.948. The van der Waals surface area contributed by atoms with Crippen molar-refractivity contribution in [3.05, 3.63) is 53.6 Å². The van der Waals surface area contributed by atoms with Crippen LogP contribution in [-0.2, 0) is 14.3 Å². The van der Waals surface area contributed by atoms with Crippen molar-refractivity contribution >= 4 is 12.0 Å². The lowest BCUT2D eigenvalue weighted by atomic mass is 9.47. The largest absolute Gasteiger partial charge is 0.459 e. The van der Waals surface area contributed by atoms with Gasteiger partial charge in [0, 0.05) is 23.3 Å². The van der Waals surface area contributed by atoms with Crippen LogP contribution in [0, 0.1) is 22.7 Å². The van der Waals surface area contributed by atoms with Crippen molar-refractivity contribution < 1.29 is 24.5 Å². The first kappa shape index (κ1) is 20.3. The minimum Gasteiger partial charge on any atom is -0.459 e. The summed E-state index contributed by atoms with van der Waals surface area (Å²) in [5.41, 5.74) is 1.07. The number of rotatable bonds is 3. The Hall–Kier alpha value is -1.95. The Morgan fingerprint density at radius 1 is 1.21 bits per heavy atom. The lowest BCUT2D eigenvalue weighted by Crippen LogP contribution is -2.62. The van der Waals surface area contributed by atoms with Crippen LogP contribution in [0.2, 0.25) is 0 Å². The third-order valence-electron chi connectivity index (χ3n) is 7.23. The van der Waals surface area contributed by atoms with Crippen LogP contribution in [0.15, 0.2) is 48.1 Å². The van der Waals surface area contributed by atoms with Gasteiger partial charge >= 0.3 is 5.97 Å². The molecule has 29 heavy (non-hydrogen) atoms. The smallest absolute Gasteiger partial charge is 0.331 e. The van der Waals surface area contributed by atoms with Gasteiger partial charge in [-0.3, -0.25) is 0 Å². The summed E-state index contributed by atoms with van der Waals surface area (Å²) in [5.74, 6) is -0.839. The molecule has 5 nitrogen and oxygen atoms in total. The highest BCUT2D eigenvalue weighted by molar-refractivity contribution is 5.87. The molecule has 0 amide bonds. The summed E-state index contributed by atoms with van der Waals surface area (Å²) in [7, 11) is 0. The number of esters is 1. The number of carbonyl (C=O) groups excluding carboxylic acids is 1. The molecule has 0 bridgehead atoms. The summed E-state index contributed by atoms with van der Waals surface area (Å²) in [6.45, 7) is 6.64. The van der Waals surface area contributed by atoms with Gasteiger partial charge in [-0.15, -0.1) is 0 Å². The normalized spacial score (nSPS) is 38.2. The molecular weight excluding hydrogens is 368 g/mol. The summed E-state index contributed by atoms with van der Waals surface area (Å²) in [6.07, 6.45) is 4.54. The molecule has 0 aromatic heterocycles. The van der Waals surface area contributed by atoms with E-state index < -0.39 is 29.9 Å². The molecule has 0 radical (unpaired) electrons. The van der Waals surface area contributed by atoms with Crippen LogP contribution in [0.3, 0.4) is 0 Å². The first-order valence-electron chi connectivity index (χ1n) is 10.4. The molecule has 1 saturated carbocycles. The van der Waals surface area contributed by atoms with E-state index in [1.807, 2.05) is 43.3 Å². The Labute approximate surface area is 172 Å². The van der Waals surface area contributed by atoms with E-state index >= 15 is 0 Å². The van der Waals surface area contributed by atoms with Crippen molar-refractivity contribution in [2.75, 3.05) is 6.61 Å². The average molecular weight is 398 g/mol. The first-order valence-corrected chi connectivity index (χ1v) is 10.4. The van der Waals surface area contributed by atoms with Gasteiger partial charge in [0.25, 0.3) is 0 Å². The van der Waals surface area contributed by atoms with Crippen molar-refractivity contribution in [2.45, 2.75) is 52.1 Å². The summed E-state index contributed by atoms with van der Waals surface area (Å²) < 4.78 is 11.5. The van der Waals surface area contributed by atoms with Crippen LogP contribution >= 0.6 is 0 Å². The summed E-state index contributed by atoms with van der Waals surface area (Å²) in [4.78, 5) is 12.6. The molecule has 0 spiro atoms. The molecule has 156 valence electrons. The molecule has 0 unspecified atom stereocenters. The van der Waals surface area contributed by atoms with Gasteiger partial charge in [-0.1, -0.05) is 57.2 Å². The second-order valence-corrected chi connectivity index (χ2v) is 9.45. The molecule has 1 saturated heterocycles. The number of aliphatic hydroxyl groups excluding tert-OH is 2. The Morgan fingerprint density at radius 2 is 1.93 bits per heavy atom. The summed E-state index contributed by atoms with van der Waals surface area (Å²) in [5, 5.41) is 21.6. The Bertz CT molecular complexity index is 827. The number of hydrogen-bond donors (Lipinski definition) is 2. The molecule has 1 heterocycles. The minimum absolute atomic E-state index is 0.148. The van der Waals surface area contributed by atoms with Crippen LogP contribution in [-0.4, -0.2) is 41.3 Å². The highest BCUT2D eigenvalue weighted by Crippen LogP contribution is 2.62. The van der Waals surface area contributed by atoms with Crippen LogP contribution in [0.1, 0.15) is 39.2 Å². The molecule has 2 N–H and O–H groups in total. The Balaban J connectivity index is 1.63. The fraction of sp³-hybridized carbons (Fsp3) is 0.542. The van der Waals surface area contributed by atoms with Crippen molar-refractivity contribution in [3.63, 3.8) is 0 Å². The Morgan fingerprint density at radius 3 is 2.66 bits per heavy atom. The number of hydrogen-bond acceptors (Lipinski definition) is 5. The molecule has 1 aliphatic heterocycles. The third-order valence-corrected chi connectivity index (χ3v) is 7.23. The topological polar surface area (TPSA) is 76.0 Å². The van der Waals surface area contributed by atoms with Crippen molar-refractivity contribution in [1.82, 2.24) is 0 Å². The van der Waals surface area contributed by atoms with Gasteiger partial charge in [-0.05, 0) is 35.5 Å². The molecule has 2 aliphatic carbocycles. The zero-order valence-electron chi connectivity index (χ0n) is 17.2. The third kappa shape index (κ3) is 3.45. The zero-order chi connectivity index (χ0) is 20.8. The lowest BCUT2D eigenvalue weighted by Gasteiger charge is -2.59. The summed E-state index contributed by atoms with van der Waals surface area (Å²) >= 11 is 0. The van der Waals surface area contributed by atoms with Gasteiger partial charge in [-0.25, -0.2) is 4.79 Å². The van der Waals surface area contributed by atoms with Crippen LogP contribution in [0.4, 0.5) is 0 Å².